The van der Waals surface area contributed by atoms with Crippen LogP contribution in [0.1, 0.15) is 26.3 Å². The summed E-state index contributed by atoms with van der Waals surface area (Å²) in [5, 5.41) is 2.85. The zero-order valence-electron chi connectivity index (χ0n) is 8.39. The molecule has 0 heterocycles. The van der Waals surface area contributed by atoms with Crippen LogP contribution in [0.3, 0.4) is 0 Å². The Bertz CT molecular complexity index is 326. The van der Waals surface area contributed by atoms with Gasteiger partial charge in [-0.15, -0.1) is 0 Å². The summed E-state index contributed by atoms with van der Waals surface area (Å²) in [4.78, 5) is 0. The number of anilines is 1. The van der Waals surface area contributed by atoms with Crippen molar-refractivity contribution >= 4 is 5.69 Å². The Hall–Kier alpha value is -1.42. The van der Waals surface area contributed by atoms with E-state index in [0.29, 0.717) is 0 Å². The van der Waals surface area contributed by atoms with Crippen molar-refractivity contribution in [1.29, 1.82) is 0 Å². The van der Waals surface area contributed by atoms with Gasteiger partial charge in [0.15, 0.2) is 0 Å². The maximum atomic E-state index is 5.16. The highest BCUT2D eigenvalue weighted by Gasteiger charge is 2.12. The molecule has 0 aliphatic carbocycles. The van der Waals surface area contributed by atoms with Gasteiger partial charge in [0.05, 0.1) is 0 Å². The highest BCUT2D eigenvalue weighted by Crippen LogP contribution is 2.24. The smallest absolute Gasteiger partial charge is 0.0461 e. The summed E-state index contributed by atoms with van der Waals surface area (Å²) in [6.07, 6.45) is 5.16. The lowest BCUT2D eigenvalue weighted by molar-refractivity contribution is 0.590. The highest BCUT2D eigenvalue weighted by molar-refractivity contribution is 5.50. The first kappa shape index (κ1) is 9.67. The van der Waals surface area contributed by atoms with Crippen LogP contribution in [0.25, 0.3) is 0 Å². The molecular weight excluding hydrogens is 158 g/mol. The van der Waals surface area contributed by atoms with E-state index in [1.54, 1.807) is 0 Å². The molecule has 0 aliphatic rings. The molecule has 1 rings (SSSR count). The maximum absolute atomic E-state index is 5.16. The standard InChI is InChI=1S/C12H15N/c1-5-13-11-8-6-7-10(9-11)12(2,3)4/h1,6-9,13H,2-4H3. The molecule has 13 heavy (non-hydrogen) atoms. The topological polar surface area (TPSA) is 12.0 Å². The van der Waals surface area contributed by atoms with Gasteiger partial charge in [-0.1, -0.05) is 39.3 Å². The third-order valence-electron chi connectivity index (χ3n) is 1.95. The van der Waals surface area contributed by atoms with Gasteiger partial charge in [-0.05, 0) is 23.1 Å². The number of nitrogens with one attached hydrogen (secondary N) is 1. The fourth-order valence-electron chi connectivity index (χ4n) is 1.15. The molecule has 0 fully saturated rings. The van der Waals surface area contributed by atoms with Gasteiger partial charge in [-0.2, -0.15) is 0 Å². The number of hydrogen-bond donors (Lipinski definition) is 1. The molecule has 1 nitrogen and oxygen atoms in total. The van der Waals surface area contributed by atoms with E-state index in [-0.39, 0.29) is 5.41 Å². The van der Waals surface area contributed by atoms with Crippen LogP contribution in [0.4, 0.5) is 5.69 Å². The Balaban J connectivity index is 3.00. The van der Waals surface area contributed by atoms with E-state index >= 15 is 0 Å². The Morgan fingerprint density at radius 2 is 2.00 bits per heavy atom. The van der Waals surface area contributed by atoms with Crippen molar-refractivity contribution in [3.8, 4) is 12.5 Å². The molecule has 0 saturated carbocycles. The van der Waals surface area contributed by atoms with Gasteiger partial charge in [0.2, 0.25) is 0 Å². The third-order valence-corrected chi connectivity index (χ3v) is 1.95. The van der Waals surface area contributed by atoms with Crippen LogP contribution in [-0.2, 0) is 5.41 Å². The Morgan fingerprint density at radius 1 is 1.31 bits per heavy atom. The summed E-state index contributed by atoms with van der Waals surface area (Å²) in [6, 6.07) is 10.6. The zero-order valence-corrected chi connectivity index (χ0v) is 8.39. The van der Waals surface area contributed by atoms with E-state index in [1.165, 1.54) is 5.56 Å². The lowest BCUT2D eigenvalue weighted by atomic mass is 9.87. The van der Waals surface area contributed by atoms with Gasteiger partial charge in [-0.25, -0.2) is 0 Å². The average molecular weight is 173 g/mol. The summed E-state index contributed by atoms with van der Waals surface area (Å²) < 4.78 is 0. The second-order valence-electron chi connectivity index (χ2n) is 4.10. The average Bonchev–Trinajstić information content (AvgIpc) is 2.04. The molecule has 0 radical (unpaired) electrons. The summed E-state index contributed by atoms with van der Waals surface area (Å²) in [7, 11) is 0. The van der Waals surface area contributed by atoms with Gasteiger partial charge in [-0.3, -0.25) is 0 Å². The van der Waals surface area contributed by atoms with E-state index in [2.05, 4.69) is 44.3 Å². The van der Waals surface area contributed by atoms with E-state index < -0.39 is 0 Å². The van der Waals surface area contributed by atoms with Crippen molar-refractivity contribution < 1.29 is 0 Å². The molecule has 0 saturated heterocycles. The Kier molecular flexibility index (Phi) is 2.63. The van der Waals surface area contributed by atoms with Gasteiger partial charge in [0.1, 0.15) is 0 Å². The zero-order chi connectivity index (χ0) is 9.90. The fraction of sp³-hybridized carbons (Fsp3) is 0.333. The van der Waals surface area contributed by atoms with Crippen LogP contribution >= 0.6 is 0 Å². The van der Waals surface area contributed by atoms with Crippen LogP contribution < -0.4 is 5.32 Å². The number of rotatable bonds is 1. The van der Waals surface area contributed by atoms with Crippen molar-refractivity contribution in [2.45, 2.75) is 26.2 Å². The van der Waals surface area contributed by atoms with Crippen molar-refractivity contribution in [2.24, 2.45) is 0 Å². The molecule has 68 valence electrons. The first-order valence-electron chi connectivity index (χ1n) is 4.36. The first-order chi connectivity index (χ1) is 6.04. The van der Waals surface area contributed by atoms with Crippen LogP contribution in [0.2, 0.25) is 0 Å². The molecule has 0 atom stereocenters. The van der Waals surface area contributed by atoms with E-state index in [4.69, 9.17) is 6.42 Å². The summed E-state index contributed by atoms with van der Waals surface area (Å²) >= 11 is 0. The normalized spacial score (nSPS) is 10.6. The summed E-state index contributed by atoms with van der Waals surface area (Å²) in [5.74, 6) is 0. The SMILES string of the molecule is C#CNc1cccc(C(C)(C)C)c1. The van der Waals surface area contributed by atoms with Crippen LogP contribution in [-0.4, -0.2) is 0 Å². The Labute approximate surface area is 80.2 Å². The Morgan fingerprint density at radius 3 is 2.54 bits per heavy atom. The second-order valence-corrected chi connectivity index (χ2v) is 4.10. The molecule has 0 spiro atoms. The molecule has 1 aromatic rings. The van der Waals surface area contributed by atoms with Crippen LogP contribution in [0.15, 0.2) is 24.3 Å². The lowest BCUT2D eigenvalue weighted by Gasteiger charge is -2.19. The van der Waals surface area contributed by atoms with Crippen molar-refractivity contribution in [3.63, 3.8) is 0 Å². The number of benzene rings is 1. The third kappa shape index (κ3) is 2.52. The minimum absolute atomic E-state index is 0.173. The second kappa shape index (κ2) is 3.53. The molecule has 0 bridgehead atoms. The minimum atomic E-state index is 0.173. The molecule has 0 unspecified atom stereocenters. The molecule has 1 heteroatoms. The van der Waals surface area contributed by atoms with E-state index in [1.807, 2.05) is 12.1 Å². The first-order valence-corrected chi connectivity index (χ1v) is 4.36. The molecular formula is C12H15N. The number of terminal acetylenes is 1. The van der Waals surface area contributed by atoms with E-state index in [9.17, 15) is 0 Å². The predicted octanol–water partition coefficient (Wildman–Crippen LogP) is 2.99. The van der Waals surface area contributed by atoms with E-state index in [0.717, 1.165) is 5.69 Å². The summed E-state index contributed by atoms with van der Waals surface area (Å²) in [5.41, 5.74) is 2.44. The lowest BCUT2D eigenvalue weighted by Crippen LogP contribution is -2.10. The maximum Gasteiger partial charge on any atom is 0.0461 e. The molecule has 1 N–H and O–H groups in total. The monoisotopic (exact) mass is 173 g/mol. The van der Waals surface area contributed by atoms with Gasteiger partial charge < -0.3 is 5.32 Å². The van der Waals surface area contributed by atoms with Crippen molar-refractivity contribution in [2.75, 3.05) is 5.32 Å². The molecule has 1 aromatic carbocycles. The van der Waals surface area contributed by atoms with Crippen molar-refractivity contribution in [3.05, 3.63) is 29.8 Å². The van der Waals surface area contributed by atoms with Gasteiger partial charge in [0.25, 0.3) is 0 Å². The minimum Gasteiger partial charge on any atom is -0.315 e. The summed E-state index contributed by atoms with van der Waals surface area (Å²) in [6.45, 7) is 6.55. The van der Waals surface area contributed by atoms with Crippen LogP contribution in [0.5, 0.6) is 0 Å². The van der Waals surface area contributed by atoms with Gasteiger partial charge >= 0.3 is 0 Å². The largest absolute Gasteiger partial charge is 0.315 e. The van der Waals surface area contributed by atoms with Gasteiger partial charge in [0, 0.05) is 11.7 Å². The van der Waals surface area contributed by atoms with Crippen LogP contribution in [0, 0.1) is 12.5 Å². The van der Waals surface area contributed by atoms with Crippen molar-refractivity contribution in [1.82, 2.24) is 0 Å². The molecule has 0 aromatic heterocycles. The fourth-order valence-corrected chi connectivity index (χ4v) is 1.15. The quantitative estimate of drug-likeness (QED) is 0.508. The predicted molar refractivity (Wildman–Crippen MR) is 57.6 cm³/mol. The highest BCUT2D eigenvalue weighted by atomic mass is 14.8. The molecule has 0 amide bonds. The number of hydrogen-bond acceptors (Lipinski definition) is 1. The molecule has 0 aliphatic heterocycles.